The van der Waals surface area contributed by atoms with Gasteiger partial charge in [-0.1, -0.05) is 6.07 Å². The number of fused-ring (bicyclic) bond motifs is 1. The molecule has 1 aliphatic heterocycles. The van der Waals surface area contributed by atoms with Crippen LogP contribution in [0.3, 0.4) is 0 Å². The molecule has 1 saturated heterocycles. The van der Waals surface area contributed by atoms with Crippen molar-refractivity contribution in [3.8, 4) is 0 Å². The number of aryl methyl sites for hydroxylation is 1. The number of benzene rings is 1. The average molecular weight is 257 g/mol. The first kappa shape index (κ1) is 12.3. The SMILES string of the molecule is Cc1ccc2nc(N3CCNCC3)c(CN)nc2c1. The van der Waals surface area contributed by atoms with E-state index in [0.717, 1.165) is 48.7 Å². The van der Waals surface area contributed by atoms with Crippen LogP contribution in [0.25, 0.3) is 11.0 Å². The van der Waals surface area contributed by atoms with Crippen LogP contribution in [0.4, 0.5) is 5.82 Å². The van der Waals surface area contributed by atoms with Crippen molar-refractivity contribution in [2.75, 3.05) is 31.1 Å². The van der Waals surface area contributed by atoms with Crippen LogP contribution in [0.2, 0.25) is 0 Å². The zero-order chi connectivity index (χ0) is 13.2. The van der Waals surface area contributed by atoms with Crippen LogP contribution >= 0.6 is 0 Å². The Labute approximate surface area is 112 Å². The van der Waals surface area contributed by atoms with Crippen molar-refractivity contribution in [2.45, 2.75) is 13.5 Å². The van der Waals surface area contributed by atoms with Crippen molar-refractivity contribution in [1.29, 1.82) is 0 Å². The van der Waals surface area contributed by atoms with E-state index >= 15 is 0 Å². The number of hydrogen-bond donors (Lipinski definition) is 2. The molecule has 5 nitrogen and oxygen atoms in total. The zero-order valence-corrected chi connectivity index (χ0v) is 11.2. The van der Waals surface area contributed by atoms with Crippen LogP contribution < -0.4 is 16.0 Å². The molecule has 1 aromatic carbocycles. The minimum absolute atomic E-state index is 0.427. The highest BCUT2D eigenvalue weighted by Gasteiger charge is 2.17. The third kappa shape index (κ3) is 2.39. The monoisotopic (exact) mass is 257 g/mol. The summed E-state index contributed by atoms with van der Waals surface area (Å²) >= 11 is 0. The van der Waals surface area contributed by atoms with Crippen LogP contribution in [0.15, 0.2) is 18.2 Å². The number of anilines is 1. The average Bonchev–Trinajstić information content (AvgIpc) is 2.46. The first-order valence-corrected chi connectivity index (χ1v) is 6.71. The molecular weight excluding hydrogens is 238 g/mol. The predicted octanol–water partition coefficient (Wildman–Crippen LogP) is 0.807. The van der Waals surface area contributed by atoms with Crippen molar-refractivity contribution in [3.05, 3.63) is 29.5 Å². The molecule has 2 aromatic rings. The van der Waals surface area contributed by atoms with Gasteiger partial charge in [-0.05, 0) is 24.6 Å². The highest BCUT2D eigenvalue weighted by Crippen LogP contribution is 2.21. The fourth-order valence-electron chi connectivity index (χ4n) is 2.46. The van der Waals surface area contributed by atoms with Gasteiger partial charge in [-0.3, -0.25) is 0 Å². The Bertz CT molecular complexity index is 590. The molecule has 5 heteroatoms. The maximum absolute atomic E-state index is 5.84. The van der Waals surface area contributed by atoms with Crippen molar-refractivity contribution >= 4 is 16.9 Å². The molecule has 0 amide bonds. The lowest BCUT2D eigenvalue weighted by atomic mass is 10.2. The second-order valence-electron chi connectivity index (χ2n) is 4.93. The van der Waals surface area contributed by atoms with Crippen LogP contribution in [-0.2, 0) is 6.54 Å². The molecule has 2 heterocycles. The molecule has 1 aromatic heterocycles. The van der Waals surface area contributed by atoms with Crippen LogP contribution in [0.1, 0.15) is 11.3 Å². The van der Waals surface area contributed by atoms with Gasteiger partial charge in [-0.25, -0.2) is 9.97 Å². The normalized spacial score (nSPS) is 16.0. The smallest absolute Gasteiger partial charge is 0.152 e. The molecule has 100 valence electrons. The topological polar surface area (TPSA) is 67.1 Å². The number of aromatic nitrogens is 2. The van der Waals surface area contributed by atoms with Crippen molar-refractivity contribution in [3.63, 3.8) is 0 Å². The van der Waals surface area contributed by atoms with Crippen molar-refractivity contribution < 1.29 is 0 Å². The summed E-state index contributed by atoms with van der Waals surface area (Å²) in [5, 5.41) is 3.35. The number of hydrogen-bond acceptors (Lipinski definition) is 5. The molecule has 0 atom stereocenters. The van der Waals surface area contributed by atoms with E-state index in [0.29, 0.717) is 6.54 Å². The van der Waals surface area contributed by atoms with E-state index in [1.807, 2.05) is 6.07 Å². The van der Waals surface area contributed by atoms with Gasteiger partial charge in [-0.15, -0.1) is 0 Å². The zero-order valence-electron chi connectivity index (χ0n) is 11.2. The lowest BCUT2D eigenvalue weighted by Crippen LogP contribution is -2.44. The Morgan fingerprint density at radius 3 is 2.74 bits per heavy atom. The van der Waals surface area contributed by atoms with E-state index in [9.17, 15) is 0 Å². The lowest BCUT2D eigenvalue weighted by Gasteiger charge is -2.29. The summed E-state index contributed by atoms with van der Waals surface area (Å²) < 4.78 is 0. The number of piperazine rings is 1. The Morgan fingerprint density at radius 2 is 2.00 bits per heavy atom. The molecule has 0 unspecified atom stereocenters. The standard InChI is InChI=1S/C14H19N5/c1-10-2-3-11-12(8-10)17-13(9-15)14(18-11)19-6-4-16-5-7-19/h2-3,8,16H,4-7,9,15H2,1H3. The van der Waals surface area contributed by atoms with Gasteiger partial charge in [0.05, 0.1) is 16.7 Å². The number of nitrogens with one attached hydrogen (secondary N) is 1. The summed E-state index contributed by atoms with van der Waals surface area (Å²) in [6, 6.07) is 6.16. The third-order valence-corrected chi connectivity index (χ3v) is 3.48. The molecule has 0 bridgehead atoms. The van der Waals surface area contributed by atoms with Crippen molar-refractivity contribution in [1.82, 2.24) is 15.3 Å². The highest BCUT2D eigenvalue weighted by atomic mass is 15.2. The number of rotatable bonds is 2. The van der Waals surface area contributed by atoms with Crippen molar-refractivity contribution in [2.24, 2.45) is 5.73 Å². The predicted molar refractivity (Wildman–Crippen MR) is 77.2 cm³/mol. The minimum Gasteiger partial charge on any atom is -0.352 e. The van der Waals surface area contributed by atoms with E-state index in [-0.39, 0.29) is 0 Å². The first-order valence-electron chi connectivity index (χ1n) is 6.71. The largest absolute Gasteiger partial charge is 0.352 e. The summed E-state index contributed by atoms with van der Waals surface area (Å²) in [7, 11) is 0. The van der Waals surface area contributed by atoms with Gasteiger partial charge < -0.3 is 16.0 Å². The highest BCUT2D eigenvalue weighted by molar-refractivity contribution is 5.77. The minimum atomic E-state index is 0.427. The molecule has 1 fully saturated rings. The molecule has 3 rings (SSSR count). The van der Waals surface area contributed by atoms with Gasteiger partial charge in [0.25, 0.3) is 0 Å². The molecule has 0 aliphatic carbocycles. The van der Waals surface area contributed by atoms with E-state index in [1.165, 1.54) is 5.56 Å². The van der Waals surface area contributed by atoms with E-state index in [1.54, 1.807) is 0 Å². The second-order valence-corrected chi connectivity index (χ2v) is 4.93. The van der Waals surface area contributed by atoms with E-state index < -0.39 is 0 Å². The number of nitrogens with zero attached hydrogens (tertiary/aromatic N) is 3. The molecule has 19 heavy (non-hydrogen) atoms. The summed E-state index contributed by atoms with van der Waals surface area (Å²) in [6.45, 7) is 6.37. The van der Waals surface area contributed by atoms with E-state index in [2.05, 4.69) is 34.3 Å². The van der Waals surface area contributed by atoms with Gasteiger partial charge >= 0.3 is 0 Å². The second kappa shape index (κ2) is 5.11. The fraction of sp³-hybridized carbons (Fsp3) is 0.429. The summed E-state index contributed by atoms with van der Waals surface area (Å²) in [6.07, 6.45) is 0. The number of nitrogens with two attached hydrogens (primary N) is 1. The molecule has 0 radical (unpaired) electrons. The van der Waals surface area contributed by atoms with E-state index in [4.69, 9.17) is 10.7 Å². The van der Waals surface area contributed by atoms with Gasteiger partial charge in [0.15, 0.2) is 5.82 Å². The van der Waals surface area contributed by atoms with Gasteiger partial charge in [0.1, 0.15) is 0 Å². The van der Waals surface area contributed by atoms with Gasteiger partial charge in [0.2, 0.25) is 0 Å². The summed E-state index contributed by atoms with van der Waals surface area (Å²) in [5.41, 5.74) is 9.80. The third-order valence-electron chi connectivity index (χ3n) is 3.48. The Balaban J connectivity index is 2.09. The van der Waals surface area contributed by atoms with Crippen LogP contribution in [0, 0.1) is 6.92 Å². The van der Waals surface area contributed by atoms with Gasteiger partial charge in [0, 0.05) is 32.7 Å². The molecule has 3 N–H and O–H groups in total. The van der Waals surface area contributed by atoms with Gasteiger partial charge in [-0.2, -0.15) is 0 Å². The fourth-order valence-corrected chi connectivity index (χ4v) is 2.46. The molecule has 1 aliphatic rings. The Morgan fingerprint density at radius 1 is 1.21 bits per heavy atom. The Kier molecular flexibility index (Phi) is 3.31. The maximum atomic E-state index is 5.84. The van der Waals surface area contributed by atoms with Crippen LogP contribution in [0.5, 0.6) is 0 Å². The maximum Gasteiger partial charge on any atom is 0.152 e. The first-order chi connectivity index (χ1) is 9.28. The molecular formula is C14H19N5. The lowest BCUT2D eigenvalue weighted by molar-refractivity contribution is 0.582. The summed E-state index contributed by atoms with van der Waals surface area (Å²) in [5.74, 6) is 0.945. The quantitative estimate of drug-likeness (QED) is 0.833. The Hall–Kier alpha value is -1.72. The summed E-state index contributed by atoms with van der Waals surface area (Å²) in [4.78, 5) is 11.7. The van der Waals surface area contributed by atoms with Crippen LogP contribution in [-0.4, -0.2) is 36.1 Å². The molecule has 0 spiro atoms. The molecule has 0 saturated carbocycles.